The van der Waals surface area contributed by atoms with Crippen molar-refractivity contribution in [1.29, 1.82) is 0 Å². The van der Waals surface area contributed by atoms with E-state index in [0.717, 1.165) is 4.68 Å². The summed E-state index contributed by atoms with van der Waals surface area (Å²) in [5, 5.41) is 18.1. The van der Waals surface area contributed by atoms with E-state index in [9.17, 15) is 24.3 Å². The number of aliphatic hydroxyl groups excluding tert-OH is 1. The number of rotatable bonds is 11. The third-order valence-electron chi connectivity index (χ3n) is 6.83. The zero-order valence-corrected chi connectivity index (χ0v) is 24.1. The fraction of sp³-hybridized carbons (Fsp3) is 0.250. The number of aromatic nitrogens is 3. The van der Waals surface area contributed by atoms with E-state index in [-0.39, 0.29) is 34.7 Å². The Balaban J connectivity index is 1.52. The minimum atomic E-state index is -1.41. The highest BCUT2D eigenvalue weighted by Crippen LogP contribution is 2.36. The first-order chi connectivity index (χ1) is 21.9. The maximum absolute atomic E-state index is 13.3. The second kappa shape index (κ2) is 14.4. The molecule has 1 saturated heterocycles. The van der Waals surface area contributed by atoms with E-state index < -0.39 is 61.6 Å². The summed E-state index contributed by atoms with van der Waals surface area (Å²) in [6.07, 6.45) is -5.33. The Morgan fingerprint density at radius 3 is 1.76 bits per heavy atom. The van der Waals surface area contributed by atoms with Crippen molar-refractivity contribution in [2.45, 2.75) is 38.1 Å². The van der Waals surface area contributed by atoms with Gasteiger partial charge in [-0.3, -0.25) is 0 Å². The average Bonchev–Trinajstić information content (AvgIpc) is 3.65. The Kier molecular flexibility index (Phi) is 9.92. The van der Waals surface area contributed by atoms with Crippen LogP contribution in [-0.2, 0) is 30.3 Å². The summed E-state index contributed by atoms with van der Waals surface area (Å²) >= 11 is 0. The molecule has 0 spiro atoms. The van der Waals surface area contributed by atoms with Crippen molar-refractivity contribution in [3.05, 3.63) is 119 Å². The van der Waals surface area contributed by atoms with Gasteiger partial charge in [0.2, 0.25) is 0 Å². The molecule has 2 heterocycles. The van der Waals surface area contributed by atoms with Gasteiger partial charge in [-0.25, -0.2) is 23.9 Å². The van der Waals surface area contributed by atoms with Gasteiger partial charge in [-0.15, -0.1) is 5.10 Å². The number of nitrogens with zero attached hydrogens (tertiary/aromatic N) is 3. The van der Waals surface area contributed by atoms with E-state index in [0.29, 0.717) is 0 Å². The van der Waals surface area contributed by atoms with E-state index in [1.54, 1.807) is 73.7 Å². The Labute approximate surface area is 257 Å². The second-order valence-electron chi connectivity index (χ2n) is 9.71. The van der Waals surface area contributed by atoms with Gasteiger partial charge in [0, 0.05) is 0 Å². The molecule has 0 unspecified atom stereocenters. The Bertz CT molecular complexity index is 1630. The third kappa shape index (κ3) is 7.06. The molecule has 0 saturated carbocycles. The summed E-state index contributed by atoms with van der Waals surface area (Å²) in [6.45, 7) is 0.500. The van der Waals surface area contributed by atoms with Crippen molar-refractivity contribution in [1.82, 2.24) is 15.0 Å². The lowest BCUT2D eigenvalue weighted by Crippen LogP contribution is -2.41. The van der Waals surface area contributed by atoms with Gasteiger partial charge in [0.25, 0.3) is 0 Å². The molecule has 1 fully saturated rings. The van der Waals surface area contributed by atoms with Gasteiger partial charge in [0.05, 0.1) is 29.9 Å². The molecule has 1 aliphatic rings. The van der Waals surface area contributed by atoms with Crippen LogP contribution in [0.15, 0.2) is 91.0 Å². The van der Waals surface area contributed by atoms with E-state index in [1.807, 2.05) is 0 Å². The van der Waals surface area contributed by atoms with E-state index in [4.69, 9.17) is 23.7 Å². The number of esters is 4. The molecule has 13 nitrogen and oxygen atoms in total. The largest absolute Gasteiger partial charge is 0.461 e. The highest BCUT2D eigenvalue weighted by atomic mass is 16.7. The van der Waals surface area contributed by atoms with E-state index >= 15 is 0 Å². The van der Waals surface area contributed by atoms with Crippen molar-refractivity contribution in [2.75, 3.05) is 13.2 Å². The van der Waals surface area contributed by atoms with Gasteiger partial charge in [0.15, 0.2) is 24.1 Å². The highest BCUT2D eigenvalue weighted by Gasteiger charge is 2.52. The van der Waals surface area contributed by atoms with Crippen LogP contribution in [0.2, 0.25) is 0 Å². The number of ether oxygens (including phenoxy) is 5. The average molecular weight is 616 g/mol. The normalized spacial score (nSPS) is 19.0. The van der Waals surface area contributed by atoms with Gasteiger partial charge >= 0.3 is 23.9 Å². The molecule has 1 aromatic heterocycles. The van der Waals surface area contributed by atoms with Crippen LogP contribution in [0.4, 0.5) is 0 Å². The Morgan fingerprint density at radius 2 is 1.24 bits per heavy atom. The summed E-state index contributed by atoms with van der Waals surface area (Å²) in [4.78, 5) is 51.9. The van der Waals surface area contributed by atoms with E-state index in [1.165, 1.54) is 24.3 Å². The lowest BCUT2D eigenvalue weighted by atomic mass is 10.1. The lowest BCUT2D eigenvalue weighted by molar-refractivity contribution is -0.0699. The minimum absolute atomic E-state index is 0.0418. The molecule has 232 valence electrons. The molecule has 0 amide bonds. The van der Waals surface area contributed by atoms with Crippen LogP contribution in [0, 0.1) is 0 Å². The number of carbonyl (C=O) groups is 4. The number of aliphatic hydroxyl groups is 1. The summed E-state index contributed by atoms with van der Waals surface area (Å²) in [5.41, 5.74) is 0.282. The first kappa shape index (κ1) is 31.0. The summed E-state index contributed by atoms with van der Waals surface area (Å²) in [7, 11) is 0. The monoisotopic (exact) mass is 615 g/mol. The van der Waals surface area contributed by atoms with Crippen LogP contribution in [-0.4, -0.2) is 75.5 Å². The van der Waals surface area contributed by atoms with Crippen molar-refractivity contribution >= 4 is 23.9 Å². The highest BCUT2D eigenvalue weighted by molar-refractivity contribution is 5.91. The van der Waals surface area contributed by atoms with Gasteiger partial charge < -0.3 is 28.8 Å². The first-order valence-electron chi connectivity index (χ1n) is 14.0. The van der Waals surface area contributed by atoms with Gasteiger partial charge in [0.1, 0.15) is 18.4 Å². The number of hydrogen-bond donors (Lipinski definition) is 1. The quantitative estimate of drug-likeness (QED) is 0.194. The number of carbonyl (C=O) groups excluding carboxylic acids is 4. The van der Waals surface area contributed by atoms with Crippen LogP contribution in [0.3, 0.4) is 0 Å². The molecule has 3 aromatic carbocycles. The first-order valence-corrected chi connectivity index (χ1v) is 14.0. The zero-order valence-electron chi connectivity index (χ0n) is 24.1. The molecule has 1 aliphatic heterocycles. The molecule has 0 radical (unpaired) electrons. The van der Waals surface area contributed by atoms with Crippen LogP contribution >= 0.6 is 0 Å². The van der Waals surface area contributed by atoms with Gasteiger partial charge in [-0.1, -0.05) is 59.8 Å². The molecule has 5 rings (SSSR count). The smallest absolute Gasteiger partial charge is 0.360 e. The standard InChI is InChI=1S/C32H29N3O10/c1-2-41-32(40)25-23(18-36)35(34-33-25)28-27(45-31(39)22-16-10-5-11-17-22)26(44-30(38)21-14-8-4-9-15-21)24(43-28)19-42-29(37)20-12-6-3-7-13-20/h3-17,24,26-28,36H,2,18-19H2,1H3/t24-,26-,27-,28-/m1/s1. The van der Waals surface area contributed by atoms with Crippen LogP contribution < -0.4 is 0 Å². The second-order valence-corrected chi connectivity index (χ2v) is 9.71. The fourth-order valence-electron chi connectivity index (χ4n) is 4.68. The van der Waals surface area contributed by atoms with Gasteiger partial charge in [-0.2, -0.15) is 0 Å². The Morgan fingerprint density at radius 1 is 0.733 bits per heavy atom. The van der Waals surface area contributed by atoms with Crippen molar-refractivity contribution < 1.29 is 48.0 Å². The zero-order chi connectivity index (χ0) is 31.8. The molecule has 13 heteroatoms. The topological polar surface area (TPSA) is 165 Å². The fourth-order valence-corrected chi connectivity index (χ4v) is 4.68. The molecule has 45 heavy (non-hydrogen) atoms. The predicted molar refractivity (Wildman–Crippen MR) is 154 cm³/mol. The summed E-state index contributed by atoms with van der Waals surface area (Å²) in [5.74, 6) is -3.06. The molecule has 4 aromatic rings. The maximum Gasteiger partial charge on any atom is 0.360 e. The van der Waals surface area contributed by atoms with Gasteiger partial charge in [-0.05, 0) is 43.3 Å². The lowest BCUT2D eigenvalue weighted by Gasteiger charge is -2.24. The van der Waals surface area contributed by atoms with E-state index in [2.05, 4.69) is 10.3 Å². The Hall–Kier alpha value is -5.40. The maximum atomic E-state index is 13.3. The van der Waals surface area contributed by atoms with Crippen LogP contribution in [0.5, 0.6) is 0 Å². The minimum Gasteiger partial charge on any atom is -0.461 e. The predicted octanol–water partition coefficient (Wildman–Crippen LogP) is 3.15. The van der Waals surface area contributed by atoms with Crippen molar-refractivity contribution in [3.8, 4) is 0 Å². The van der Waals surface area contributed by atoms with Crippen LogP contribution in [0.25, 0.3) is 0 Å². The number of hydrogen-bond acceptors (Lipinski definition) is 12. The molecule has 4 atom stereocenters. The molecule has 1 N–H and O–H groups in total. The summed E-state index contributed by atoms with van der Waals surface area (Å²) < 4.78 is 29.5. The molecular formula is C32H29N3O10. The summed E-state index contributed by atoms with van der Waals surface area (Å²) in [6, 6.07) is 24.4. The third-order valence-corrected chi connectivity index (χ3v) is 6.83. The number of benzene rings is 3. The SMILES string of the molecule is CCOC(=O)c1nnn([C@@H]2O[C@H](COC(=O)c3ccccc3)[C@@H](OC(=O)c3ccccc3)[C@H]2OC(=O)c2ccccc2)c1CO. The van der Waals surface area contributed by atoms with Crippen LogP contribution in [0.1, 0.15) is 60.4 Å². The van der Waals surface area contributed by atoms with Crippen molar-refractivity contribution in [3.63, 3.8) is 0 Å². The van der Waals surface area contributed by atoms with Crippen molar-refractivity contribution in [2.24, 2.45) is 0 Å². The molecule has 0 aliphatic carbocycles. The molecular weight excluding hydrogens is 586 g/mol. The molecule has 0 bridgehead atoms.